The molecule has 3 saturated heterocycles. The first kappa shape index (κ1) is 11.3. The van der Waals surface area contributed by atoms with Crippen molar-refractivity contribution in [1.82, 2.24) is 9.88 Å². The van der Waals surface area contributed by atoms with Crippen molar-refractivity contribution in [3.8, 4) is 12.3 Å². The van der Waals surface area contributed by atoms with Gasteiger partial charge in [-0.2, -0.15) is 0 Å². The number of hydrogen-bond donors (Lipinski definition) is 0. The topological polar surface area (TPSA) is 28.6 Å². The molecule has 3 aliphatic heterocycles. The number of anilines is 1. The molecule has 4 nitrogen and oxygen atoms in total. The fourth-order valence-corrected chi connectivity index (χ4v) is 3.29. The predicted molar refractivity (Wildman–Crippen MR) is 73.0 cm³/mol. The van der Waals surface area contributed by atoms with Crippen molar-refractivity contribution in [3.05, 3.63) is 23.9 Å². The molecule has 1 spiro atoms. The summed E-state index contributed by atoms with van der Waals surface area (Å²) in [6.45, 7) is 6.54. The van der Waals surface area contributed by atoms with Crippen LogP contribution in [0.15, 0.2) is 18.3 Å². The first-order valence-electron chi connectivity index (χ1n) is 6.77. The van der Waals surface area contributed by atoms with Gasteiger partial charge in [0.15, 0.2) is 0 Å². The Kier molecular flexibility index (Phi) is 2.35. The average Bonchev–Trinajstić information content (AvgIpc) is 2.28. The van der Waals surface area contributed by atoms with Crippen LogP contribution in [0.2, 0.25) is 0 Å². The van der Waals surface area contributed by atoms with Crippen molar-refractivity contribution in [2.45, 2.75) is 6.04 Å². The van der Waals surface area contributed by atoms with Crippen molar-refractivity contribution in [2.75, 3.05) is 44.3 Å². The third kappa shape index (κ3) is 1.73. The molecule has 0 atom stereocenters. The molecular weight excluding hydrogens is 238 g/mol. The van der Waals surface area contributed by atoms with Crippen LogP contribution >= 0.6 is 0 Å². The van der Waals surface area contributed by atoms with E-state index < -0.39 is 0 Å². The SMILES string of the molecule is C#Cc1ccc(N2CC3(C2)CN(C2COC2)C3)nc1. The van der Waals surface area contributed by atoms with E-state index in [1.807, 2.05) is 12.1 Å². The second-order valence-electron chi connectivity index (χ2n) is 6.00. The summed E-state index contributed by atoms with van der Waals surface area (Å²) in [5.41, 5.74) is 1.36. The van der Waals surface area contributed by atoms with E-state index in [9.17, 15) is 0 Å². The Balaban J connectivity index is 1.34. The van der Waals surface area contributed by atoms with Gasteiger partial charge in [-0.3, -0.25) is 4.90 Å². The highest BCUT2D eigenvalue weighted by molar-refractivity contribution is 5.46. The Bertz CT molecular complexity index is 515. The number of nitrogens with zero attached hydrogens (tertiary/aromatic N) is 3. The summed E-state index contributed by atoms with van der Waals surface area (Å²) in [4.78, 5) is 9.32. The van der Waals surface area contributed by atoms with Gasteiger partial charge in [0.05, 0.1) is 19.3 Å². The van der Waals surface area contributed by atoms with E-state index in [-0.39, 0.29) is 0 Å². The summed E-state index contributed by atoms with van der Waals surface area (Å²) >= 11 is 0. The van der Waals surface area contributed by atoms with Gasteiger partial charge in [0.1, 0.15) is 5.82 Å². The average molecular weight is 255 g/mol. The minimum Gasteiger partial charge on any atom is -0.378 e. The molecule has 4 heterocycles. The summed E-state index contributed by atoms with van der Waals surface area (Å²) in [6, 6.07) is 4.68. The Labute approximate surface area is 113 Å². The van der Waals surface area contributed by atoms with Gasteiger partial charge in [-0.25, -0.2) is 4.98 Å². The van der Waals surface area contributed by atoms with Crippen molar-refractivity contribution in [2.24, 2.45) is 5.41 Å². The Morgan fingerprint density at radius 2 is 2.05 bits per heavy atom. The minimum absolute atomic E-state index is 0.516. The highest BCUT2D eigenvalue weighted by Gasteiger charge is 2.54. The van der Waals surface area contributed by atoms with Gasteiger partial charge in [0.25, 0.3) is 0 Å². The fourth-order valence-electron chi connectivity index (χ4n) is 3.29. The summed E-state index contributed by atoms with van der Waals surface area (Å²) in [7, 11) is 0. The van der Waals surface area contributed by atoms with Crippen LogP contribution in [0.1, 0.15) is 5.56 Å². The lowest BCUT2D eigenvalue weighted by Crippen LogP contribution is -2.75. The quantitative estimate of drug-likeness (QED) is 0.723. The minimum atomic E-state index is 0.516. The lowest BCUT2D eigenvalue weighted by Gasteiger charge is -2.63. The largest absolute Gasteiger partial charge is 0.378 e. The lowest BCUT2D eigenvalue weighted by atomic mass is 9.72. The van der Waals surface area contributed by atoms with Crippen molar-refractivity contribution in [3.63, 3.8) is 0 Å². The number of pyridine rings is 1. The zero-order chi connectivity index (χ0) is 12.9. The monoisotopic (exact) mass is 255 g/mol. The third-order valence-corrected chi connectivity index (χ3v) is 4.50. The summed E-state index contributed by atoms with van der Waals surface area (Å²) in [5, 5.41) is 0. The Hall–Kier alpha value is -1.57. The molecule has 4 rings (SSSR count). The number of ether oxygens (including phenoxy) is 1. The molecule has 3 fully saturated rings. The zero-order valence-electron chi connectivity index (χ0n) is 10.9. The van der Waals surface area contributed by atoms with Crippen LogP contribution in [0, 0.1) is 17.8 Å². The maximum atomic E-state index is 5.34. The van der Waals surface area contributed by atoms with Gasteiger partial charge in [0.2, 0.25) is 0 Å². The Morgan fingerprint density at radius 3 is 2.58 bits per heavy atom. The summed E-state index contributed by atoms with van der Waals surface area (Å²) in [5.74, 6) is 3.65. The maximum Gasteiger partial charge on any atom is 0.128 e. The van der Waals surface area contributed by atoms with Crippen LogP contribution in [-0.2, 0) is 4.74 Å². The van der Waals surface area contributed by atoms with Gasteiger partial charge in [-0.05, 0) is 12.1 Å². The molecule has 0 radical (unpaired) electrons. The lowest BCUT2D eigenvalue weighted by molar-refractivity contribution is -0.137. The number of hydrogen-bond acceptors (Lipinski definition) is 4. The van der Waals surface area contributed by atoms with Gasteiger partial charge in [-0.15, -0.1) is 6.42 Å². The molecule has 0 N–H and O–H groups in total. The molecule has 98 valence electrons. The maximum absolute atomic E-state index is 5.34. The highest BCUT2D eigenvalue weighted by Crippen LogP contribution is 2.42. The number of rotatable bonds is 2. The van der Waals surface area contributed by atoms with Crippen LogP contribution in [0.25, 0.3) is 0 Å². The van der Waals surface area contributed by atoms with Gasteiger partial charge >= 0.3 is 0 Å². The molecule has 0 aliphatic carbocycles. The van der Waals surface area contributed by atoms with E-state index in [0.29, 0.717) is 11.5 Å². The molecule has 0 saturated carbocycles. The second-order valence-corrected chi connectivity index (χ2v) is 6.00. The van der Waals surface area contributed by atoms with E-state index in [0.717, 1.165) is 37.7 Å². The molecular formula is C15H17N3O. The molecule has 3 aliphatic rings. The van der Waals surface area contributed by atoms with Crippen LogP contribution in [0.3, 0.4) is 0 Å². The van der Waals surface area contributed by atoms with Crippen LogP contribution in [0.4, 0.5) is 5.82 Å². The van der Waals surface area contributed by atoms with E-state index in [4.69, 9.17) is 11.2 Å². The van der Waals surface area contributed by atoms with E-state index in [2.05, 4.69) is 20.7 Å². The molecule has 4 heteroatoms. The molecule has 0 unspecified atom stereocenters. The predicted octanol–water partition coefficient (Wildman–Crippen LogP) is 0.584. The summed E-state index contributed by atoms with van der Waals surface area (Å²) < 4.78 is 5.25. The number of aromatic nitrogens is 1. The fraction of sp³-hybridized carbons (Fsp3) is 0.533. The van der Waals surface area contributed by atoms with Crippen molar-refractivity contribution < 1.29 is 4.74 Å². The van der Waals surface area contributed by atoms with Gasteiger partial charge < -0.3 is 9.64 Å². The van der Waals surface area contributed by atoms with Crippen molar-refractivity contribution >= 4 is 5.82 Å². The molecule has 1 aromatic rings. The summed E-state index contributed by atoms with van der Waals surface area (Å²) in [6.07, 6.45) is 7.12. The Morgan fingerprint density at radius 1 is 1.26 bits per heavy atom. The molecule has 0 bridgehead atoms. The van der Waals surface area contributed by atoms with E-state index in [1.54, 1.807) is 6.20 Å². The van der Waals surface area contributed by atoms with Gasteiger partial charge in [-0.1, -0.05) is 5.92 Å². The number of likely N-dealkylation sites (tertiary alicyclic amines) is 1. The first-order valence-corrected chi connectivity index (χ1v) is 6.77. The molecule has 0 aromatic carbocycles. The van der Waals surface area contributed by atoms with Crippen LogP contribution in [0.5, 0.6) is 0 Å². The molecule has 0 amide bonds. The number of terminal acetylenes is 1. The second kappa shape index (κ2) is 3.96. The normalized spacial score (nSPS) is 25.3. The molecule has 1 aromatic heterocycles. The van der Waals surface area contributed by atoms with Gasteiger partial charge in [0, 0.05) is 43.4 Å². The van der Waals surface area contributed by atoms with E-state index >= 15 is 0 Å². The highest BCUT2D eigenvalue weighted by atomic mass is 16.5. The van der Waals surface area contributed by atoms with E-state index in [1.165, 1.54) is 13.1 Å². The first-order chi connectivity index (χ1) is 9.28. The third-order valence-electron chi connectivity index (χ3n) is 4.50. The zero-order valence-corrected chi connectivity index (χ0v) is 10.9. The smallest absolute Gasteiger partial charge is 0.128 e. The molecule has 19 heavy (non-hydrogen) atoms. The standard InChI is InChI=1S/C15H17N3O/c1-2-12-3-4-14(16-5-12)18-10-15(11-18)8-17(9-15)13-6-19-7-13/h1,3-5,13H,6-11H2. The van der Waals surface area contributed by atoms with Crippen LogP contribution < -0.4 is 4.90 Å². The van der Waals surface area contributed by atoms with Crippen LogP contribution in [-0.4, -0.2) is 55.3 Å². The van der Waals surface area contributed by atoms with Crippen molar-refractivity contribution in [1.29, 1.82) is 0 Å².